The number of hydrogen-bond donors (Lipinski definition) is 2. The number of benzene rings is 2. The molecular weight excluding hydrogens is 476 g/mol. The molecule has 0 bridgehead atoms. The largest absolute Gasteiger partial charge is 0.497 e. The monoisotopic (exact) mass is 492 g/mol. The molecule has 10 heteroatoms. The van der Waals surface area contributed by atoms with Gasteiger partial charge in [0.2, 0.25) is 0 Å². The molecule has 1 aliphatic heterocycles. The Bertz CT molecular complexity index is 1040. The molecule has 0 aromatic heterocycles. The smallest absolute Gasteiger partial charge is 0.341 e. The Balaban J connectivity index is 1.90. The number of amides is 1. The fourth-order valence-electron chi connectivity index (χ4n) is 2.73. The molecule has 0 aliphatic carbocycles. The fraction of sp³-hybridized carbons (Fsp3) is 0.150. The quantitative estimate of drug-likeness (QED) is 0.449. The van der Waals surface area contributed by atoms with E-state index in [-0.39, 0.29) is 22.5 Å². The Hall–Kier alpha value is -3.11. The van der Waals surface area contributed by atoms with E-state index in [1.807, 2.05) is 0 Å². The van der Waals surface area contributed by atoms with Crippen molar-refractivity contribution in [2.75, 3.05) is 25.7 Å². The van der Waals surface area contributed by atoms with E-state index < -0.39 is 12.6 Å². The Morgan fingerprint density at radius 2 is 1.90 bits per heavy atom. The van der Waals surface area contributed by atoms with Crippen molar-refractivity contribution in [2.45, 2.75) is 0 Å². The van der Waals surface area contributed by atoms with Crippen molar-refractivity contribution in [3.05, 3.63) is 52.1 Å². The number of carboxylic acid groups (broad SMARTS) is 1. The van der Waals surface area contributed by atoms with Crippen molar-refractivity contribution < 1.29 is 28.9 Å². The van der Waals surface area contributed by atoms with Gasteiger partial charge in [-0.25, -0.2) is 4.79 Å². The standard InChI is InChI=1S/C20H17BrN2O6S/c1-27-13-5-3-12(4-6-13)23-19(26)15(22-20(23)30)7-11-8-16(28-2)17(9-14(11)21)29-10-18(24)25/h3-9H,10H2,1-2H3,(H,22,30)(H,24,25)/b15-7-. The van der Waals surface area contributed by atoms with Crippen LogP contribution in [0.3, 0.4) is 0 Å². The number of nitrogens with zero attached hydrogens (tertiary/aromatic N) is 1. The van der Waals surface area contributed by atoms with E-state index in [1.54, 1.807) is 49.6 Å². The van der Waals surface area contributed by atoms with Crippen LogP contribution >= 0.6 is 28.1 Å². The van der Waals surface area contributed by atoms with Crippen molar-refractivity contribution in [1.29, 1.82) is 0 Å². The number of nitrogens with one attached hydrogen (secondary N) is 1. The number of carboxylic acids is 1. The van der Waals surface area contributed by atoms with Gasteiger partial charge in [-0.05, 0) is 60.3 Å². The maximum atomic E-state index is 12.9. The number of methoxy groups -OCH3 is 2. The highest BCUT2D eigenvalue weighted by Crippen LogP contribution is 2.35. The first-order chi connectivity index (χ1) is 14.3. The molecule has 8 nitrogen and oxygen atoms in total. The molecule has 1 amide bonds. The number of hydrogen-bond acceptors (Lipinski definition) is 6. The molecule has 0 spiro atoms. The Kier molecular flexibility index (Phi) is 6.58. The van der Waals surface area contributed by atoms with E-state index in [4.69, 9.17) is 31.5 Å². The van der Waals surface area contributed by atoms with Crippen LogP contribution in [-0.4, -0.2) is 42.9 Å². The zero-order chi connectivity index (χ0) is 21.8. The SMILES string of the molecule is COc1ccc(N2C(=O)/C(=C/c3cc(OC)c(OCC(=O)O)cc3Br)NC2=S)cc1. The van der Waals surface area contributed by atoms with Gasteiger partial charge in [0.15, 0.2) is 23.2 Å². The number of rotatable bonds is 7. The Labute approximate surface area is 186 Å². The lowest BCUT2D eigenvalue weighted by Crippen LogP contribution is -2.30. The summed E-state index contributed by atoms with van der Waals surface area (Å²) in [5.41, 5.74) is 1.50. The minimum absolute atomic E-state index is 0.251. The molecule has 0 atom stereocenters. The summed E-state index contributed by atoms with van der Waals surface area (Å²) in [5, 5.41) is 12.0. The number of carbonyl (C=O) groups is 2. The lowest BCUT2D eigenvalue weighted by molar-refractivity contribution is -0.139. The molecule has 30 heavy (non-hydrogen) atoms. The predicted molar refractivity (Wildman–Crippen MR) is 118 cm³/mol. The van der Waals surface area contributed by atoms with Crippen LogP contribution in [0.15, 0.2) is 46.6 Å². The molecule has 2 N–H and O–H groups in total. The summed E-state index contributed by atoms with van der Waals surface area (Å²) < 4.78 is 16.2. The van der Waals surface area contributed by atoms with Crippen LogP contribution in [0.5, 0.6) is 17.2 Å². The van der Waals surface area contributed by atoms with Crippen LogP contribution in [0.25, 0.3) is 6.08 Å². The van der Waals surface area contributed by atoms with E-state index in [1.165, 1.54) is 12.0 Å². The summed E-state index contributed by atoms with van der Waals surface area (Å²) in [6.45, 7) is -0.506. The summed E-state index contributed by atoms with van der Waals surface area (Å²) >= 11 is 8.73. The molecule has 3 rings (SSSR count). The molecule has 156 valence electrons. The average molecular weight is 493 g/mol. The van der Waals surface area contributed by atoms with Gasteiger partial charge in [-0.3, -0.25) is 9.69 Å². The van der Waals surface area contributed by atoms with E-state index >= 15 is 0 Å². The van der Waals surface area contributed by atoms with Crippen LogP contribution in [0.1, 0.15) is 5.56 Å². The highest BCUT2D eigenvalue weighted by atomic mass is 79.9. The summed E-state index contributed by atoms with van der Waals surface area (Å²) in [6.07, 6.45) is 1.62. The lowest BCUT2D eigenvalue weighted by Gasteiger charge is -2.14. The number of anilines is 1. The first kappa shape index (κ1) is 21.6. The van der Waals surface area contributed by atoms with Gasteiger partial charge in [0.25, 0.3) is 5.91 Å². The fourth-order valence-corrected chi connectivity index (χ4v) is 3.46. The van der Waals surface area contributed by atoms with Crippen molar-refractivity contribution in [1.82, 2.24) is 5.32 Å². The predicted octanol–water partition coefficient (Wildman–Crippen LogP) is 3.19. The van der Waals surface area contributed by atoms with Gasteiger partial charge in [0.05, 0.1) is 19.9 Å². The zero-order valence-corrected chi connectivity index (χ0v) is 18.4. The van der Waals surface area contributed by atoms with Crippen molar-refractivity contribution in [3.8, 4) is 17.2 Å². The molecule has 0 unspecified atom stereocenters. The zero-order valence-electron chi connectivity index (χ0n) is 16.0. The van der Waals surface area contributed by atoms with E-state index in [0.29, 0.717) is 27.2 Å². The van der Waals surface area contributed by atoms with Gasteiger partial charge in [-0.1, -0.05) is 15.9 Å². The van der Waals surface area contributed by atoms with Gasteiger partial charge in [0.1, 0.15) is 11.4 Å². The van der Waals surface area contributed by atoms with Crippen LogP contribution in [0.2, 0.25) is 0 Å². The van der Waals surface area contributed by atoms with Crippen LogP contribution in [-0.2, 0) is 9.59 Å². The maximum absolute atomic E-state index is 12.9. The Morgan fingerprint density at radius 1 is 1.20 bits per heavy atom. The van der Waals surface area contributed by atoms with Crippen molar-refractivity contribution in [3.63, 3.8) is 0 Å². The summed E-state index contributed by atoms with van der Waals surface area (Å²) in [7, 11) is 3.00. The summed E-state index contributed by atoms with van der Waals surface area (Å²) in [5.74, 6) is -0.169. The molecule has 1 fully saturated rings. The molecular formula is C20H17BrN2O6S. The van der Waals surface area contributed by atoms with Crippen molar-refractivity contribution in [2.24, 2.45) is 0 Å². The molecule has 0 saturated carbocycles. The minimum Gasteiger partial charge on any atom is -0.497 e. The summed E-state index contributed by atoms with van der Waals surface area (Å²) in [6, 6.07) is 10.2. The highest BCUT2D eigenvalue weighted by molar-refractivity contribution is 9.10. The molecule has 0 radical (unpaired) electrons. The van der Waals surface area contributed by atoms with E-state index in [2.05, 4.69) is 21.2 Å². The van der Waals surface area contributed by atoms with Gasteiger partial charge in [-0.2, -0.15) is 0 Å². The van der Waals surface area contributed by atoms with Crippen LogP contribution in [0.4, 0.5) is 5.69 Å². The summed E-state index contributed by atoms with van der Waals surface area (Å²) in [4.78, 5) is 25.1. The lowest BCUT2D eigenvalue weighted by atomic mass is 10.1. The van der Waals surface area contributed by atoms with Crippen molar-refractivity contribution >= 4 is 56.9 Å². The minimum atomic E-state index is -1.10. The number of halogens is 1. The molecule has 1 aliphatic rings. The maximum Gasteiger partial charge on any atom is 0.341 e. The second kappa shape index (κ2) is 9.14. The van der Waals surface area contributed by atoms with Gasteiger partial charge in [-0.15, -0.1) is 0 Å². The van der Waals surface area contributed by atoms with E-state index in [9.17, 15) is 9.59 Å². The average Bonchev–Trinajstić information content (AvgIpc) is 3.01. The third kappa shape index (κ3) is 4.55. The topological polar surface area (TPSA) is 97.3 Å². The second-order valence-electron chi connectivity index (χ2n) is 6.03. The normalized spacial score (nSPS) is 14.6. The highest BCUT2D eigenvalue weighted by Gasteiger charge is 2.32. The number of thiocarbonyl (C=S) groups is 1. The molecule has 1 saturated heterocycles. The first-order valence-corrected chi connectivity index (χ1v) is 9.77. The second-order valence-corrected chi connectivity index (χ2v) is 7.27. The van der Waals surface area contributed by atoms with Gasteiger partial charge < -0.3 is 24.6 Å². The number of aliphatic carboxylic acids is 1. The van der Waals surface area contributed by atoms with Gasteiger partial charge in [0, 0.05) is 4.47 Å². The Morgan fingerprint density at radius 3 is 2.50 bits per heavy atom. The number of carbonyl (C=O) groups excluding carboxylic acids is 1. The third-order valence-corrected chi connectivity index (χ3v) is 5.11. The first-order valence-electron chi connectivity index (χ1n) is 8.57. The van der Waals surface area contributed by atoms with Gasteiger partial charge >= 0.3 is 5.97 Å². The molecule has 2 aromatic rings. The van der Waals surface area contributed by atoms with Crippen LogP contribution < -0.4 is 24.4 Å². The molecule has 1 heterocycles. The molecule has 2 aromatic carbocycles. The third-order valence-electron chi connectivity index (χ3n) is 4.14. The number of ether oxygens (including phenoxy) is 3. The van der Waals surface area contributed by atoms with Crippen LogP contribution in [0, 0.1) is 0 Å². The van der Waals surface area contributed by atoms with E-state index in [0.717, 1.165) is 0 Å².